The van der Waals surface area contributed by atoms with E-state index in [9.17, 15) is 5.11 Å². The van der Waals surface area contributed by atoms with Gasteiger partial charge in [-0.3, -0.25) is 0 Å². The van der Waals surface area contributed by atoms with E-state index in [0.29, 0.717) is 0 Å². The molecule has 1 fully saturated rings. The Hall–Kier alpha value is -0.0800. The quantitative estimate of drug-likeness (QED) is 0.615. The standard InChI is InChI=1S/C8H17NO/c1-7(2)5-9-4-3-8(10)6-9/h7-8,10H,3-6H2,1-2H3/t8-/m1/s1. The molecule has 1 aliphatic rings. The molecular formula is C8H17NO. The van der Waals surface area contributed by atoms with Gasteiger partial charge >= 0.3 is 0 Å². The summed E-state index contributed by atoms with van der Waals surface area (Å²) in [7, 11) is 0. The van der Waals surface area contributed by atoms with Crippen molar-refractivity contribution in [1.29, 1.82) is 0 Å². The Kier molecular flexibility index (Phi) is 2.69. The van der Waals surface area contributed by atoms with Gasteiger partial charge in [0.15, 0.2) is 0 Å². The smallest absolute Gasteiger partial charge is 0.0679 e. The maximum absolute atomic E-state index is 9.17. The van der Waals surface area contributed by atoms with E-state index < -0.39 is 0 Å². The van der Waals surface area contributed by atoms with E-state index in [-0.39, 0.29) is 6.10 Å². The molecule has 0 aromatic heterocycles. The van der Waals surface area contributed by atoms with E-state index in [0.717, 1.165) is 32.0 Å². The van der Waals surface area contributed by atoms with Gasteiger partial charge in [0.05, 0.1) is 6.10 Å². The number of likely N-dealkylation sites (tertiary alicyclic amines) is 1. The molecule has 1 heterocycles. The third-order valence-corrected chi connectivity index (χ3v) is 1.87. The van der Waals surface area contributed by atoms with Gasteiger partial charge < -0.3 is 10.0 Å². The SMILES string of the molecule is CC(C)CN1CC[C@@H](O)C1. The molecule has 0 aliphatic carbocycles. The molecule has 1 rings (SSSR count). The highest BCUT2D eigenvalue weighted by Gasteiger charge is 2.19. The molecule has 2 heteroatoms. The Morgan fingerprint density at radius 3 is 2.70 bits per heavy atom. The summed E-state index contributed by atoms with van der Waals surface area (Å²) < 4.78 is 0. The van der Waals surface area contributed by atoms with Crippen LogP contribution in [0.15, 0.2) is 0 Å². The molecule has 1 N–H and O–H groups in total. The number of β-amino-alcohol motifs (C(OH)–C–C–N with tert-alkyl or cyclic N) is 1. The largest absolute Gasteiger partial charge is 0.392 e. The van der Waals surface area contributed by atoms with Crippen LogP contribution in [0.5, 0.6) is 0 Å². The van der Waals surface area contributed by atoms with E-state index in [1.165, 1.54) is 0 Å². The minimum Gasteiger partial charge on any atom is -0.392 e. The predicted octanol–water partition coefficient (Wildman–Crippen LogP) is 0.709. The Labute approximate surface area is 62.8 Å². The molecule has 2 nitrogen and oxygen atoms in total. The van der Waals surface area contributed by atoms with Crippen LogP contribution in [-0.2, 0) is 0 Å². The minimum absolute atomic E-state index is 0.0567. The lowest BCUT2D eigenvalue weighted by atomic mass is 10.2. The topological polar surface area (TPSA) is 23.5 Å². The molecule has 0 aromatic rings. The molecule has 1 saturated heterocycles. The molecule has 0 radical (unpaired) electrons. The fraction of sp³-hybridized carbons (Fsp3) is 1.00. The molecule has 0 amide bonds. The van der Waals surface area contributed by atoms with Gasteiger partial charge in [-0.05, 0) is 12.3 Å². The summed E-state index contributed by atoms with van der Waals surface area (Å²) in [5.41, 5.74) is 0. The second-order valence-corrected chi connectivity index (χ2v) is 3.60. The summed E-state index contributed by atoms with van der Waals surface area (Å²) in [5.74, 6) is 0.727. The summed E-state index contributed by atoms with van der Waals surface area (Å²) in [6.07, 6.45) is 0.908. The summed E-state index contributed by atoms with van der Waals surface area (Å²) in [6.45, 7) is 7.53. The van der Waals surface area contributed by atoms with Crippen molar-refractivity contribution in [2.24, 2.45) is 5.92 Å². The first-order valence-electron chi connectivity index (χ1n) is 4.09. The second kappa shape index (κ2) is 3.35. The summed E-state index contributed by atoms with van der Waals surface area (Å²) in [6, 6.07) is 0. The van der Waals surface area contributed by atoms with E-state index in [4.69, 9.17) is 0 Å². The zero-order chi connectivity index (χ0) is 7.56. The van der Waals surface area contributed by atoms with Crippen LogP contribution in [-0.4, -0.2) is 35.7 Å². The summed E-state index contributed by atoms with van der Waals surface area (Å²) in [4.78, 5) is 2.33. The molecule has 1 aliphatic heterocycles. The lowest BCUT2D eigenvalue weighted by Crippen LogP contribution is -2.26. The Morgan fingerprint density at radius 1 is 1.60 bits per heavy atom. The van der Waals surface area contributed by atoms with E-state index >= 15 is 0 Å². The lowest BCUT2D eigenvalue weighted by Gasteiger charge is -2.16. The highest BCUT2D eigenvalue weighted by Crippen LogP contribution is 2.10. The Balaban J connectivity index is 2.18. The second-order valence-electron chi connectivity index (χ2n) is 3.60. The first-order valence-corrected chi connectivity index (χ1v) is 4.09. The van der Waals surface area contributed by atoms with Crippen LogP contribution in [0, 0.1) is 5.92 Å². The van der Waals surface area contributed by atoms with Crippen LogP contribution in [0.25, 0.3) is 0 Å². The molecule has 0 bridgehead atoms. The zero-order valence-corrected chi connectivity index (χ0v) is 6.88. The molecule has 1 atom stereocenters. The highest BCUT2D eigenvalue weighted by molar-refractivity contribution is 4.74. The minimum atomic E-state index is -0.0567. The Morgan fingerprint density at radius 2 is 2.30 bits per heavy atom. The first-order chi connectivity index (χ1) is 4.68. The van der Waals surface area contributed by atoms with E-state index in [1.807, 2.05) is 0 Å². The third-order valence-electron chi connectivity index (χ3n) is 1.87. The average Bonchev–Trinajstić information content (AvgIpc) is 2.13. The van der Waals surface area contributed by atoms with Crippen LogP contribution in [0.1, 0.15) is 20.3 Å². The van der Waals surface area contributed by atoms with Gasteiger partial charge in [-0.1, -0.05) is 13.8 Å². The van der Waals surface area contributed by atoms with Crippen LogP contribution in [0.4, 0.5) is 0 Å². The van der Waals surface area contributed by atoms with E-state index in [1.54, 1.807) is 0 Å². The van der Waals surface area contributed by atoms with Crippen molar-refractivity contribution < 1.29 is 5.11 Å². The van der Waals surface area contributed by atoms with Gasteiger partial charge in [0.2, 0.25) is 0 Å². The van der Waals surface area contributed by atoms with Crippen molar-refractivity contribution in [3.05, 3.63) is 0 Å². The van der Waals surface area contributed by atoms with Gasteiger partial charge in [-0.25, -0.2) is 0 Å². The highest BCUT2D eigenvalue weighted by atomic mass is 16.3. The monoisotopic (exact) mass is 143 g/mol. The molecule has 60 valence electrons. The van der Waals surface area contributed by atoms with Crippen molar-refractivity contribution in [2.75, 3.05) is 19.6 Å². The van der Waals surface area contributed by atoms with Gasteiger partial charge in [0, 0.05) is 19.6 Å². The predicted molar refractivity (Wildman–Crippen MR) is 41.9 cm³/mol. The molecule has 0 spiro atoms. The number of aliphatic hydroxyl groups is 1. The molecule has 10 heavy (non-hydrogen) atoms. The molecular weight excluding hydrogens is 126 g/mol. The number of rotatable bonds is 2. The van der Waals surface area contributed by atoms with Gasteiger partial charge in [0.25, 0.3) is 0 Å². The summed E-state index contributed by atoms with van der Waals surface area (Å²) in [5, 5.41) is 9.17. The van der Waals surface area contributed by atoms with Crippen molar-refractivity contribution >= 4 is 0 Å². The van der Waals surface area contributed by atoms with Crippen molar-refractivity contribution in [2.45, 2.75) is 26.4 Å². The van der Waals surface area contributed by atoms with E-state index in [2.05, 4.69) is 18.7 Å². The number of aliphatic hydroxyl groups excluding tert-OH is 1. The van der Waals surface area contributed by atoms with Crippen molar-refractivity contribution in [1.82, 2.24) is 4.90 Å². The Bertz CT molecular complexity index is 103. The first kappa shape index (κ1) is 8.02. The van der Waals surface area contributed by atoms with Gasteiger partial charge in [-0.15, -0.1) is 0 Å². The van der Waals surface area contributed by atoms with Gasteiger partial charge in [-0.2, -0.15) is 0 Å². The molecule has 0 aromatic carbocycles. The zero-order valence-electron chi connectivity index (χ0n) is 6.88. The van der Waals surface area contributed by atoms with Crippen LogP contribution >= 0.6 is 0 Å². The van der Waals surface area contributed by atoms with Gasteiger partial charge in [0.1, 0.15) is 0 Å². The molecule has 0 saturated carbocycles. The maximum Gasteiger partial charge on any atom is 0.0679 e. The average molecular weight is 143 g/mol. The van der Waals surface area contributed by atoms with Crippen LogP contribution < -0.4 is 0 Å². The van der Waals surface area contributed by atoms with Crippen molar-refractivity contribution in [3.63, 3.8) is 0 Å². The number of hydrogen-bond acceptors (Lipinski definition) is 2. The van der Waals surface area contributed by atoms with Crippen molar-refractivity contribution in [3.8, 4) is 0 Å². The molecule has 0 unspecified atom stereocenters. The lowest BCUT2D eigenvalue weighted by molar-refractivity contribution is 0.172. The summed E-state index contributed by atoms with van der Waals surface area (Å²) >= 11 is 0. The number of nitrogens with zero attached hydrogens (tertiary/aromatic N) is 1. The fourth-order valence-electron chi connectivity index (χ4n) is 1.49. The van der Waals surface area contributed by atoms with Crippen LogP contribution in [0.2, 0.25) is 0 Å². The fourth-order valence-corrected chi connectivity index (χ4v) is 1.49. The normalized spacial score (nSPS) is 28.2. The third kappa shape index (κ3) is 2.27. The van der Waals surface area contributed by atoms with Crippen LogP contribution in [0.3, 0.4) is 0 Å². The number of hydrogen-bond donors (Lipinski definition) is 1. The maximum atomic E-state index is 9.17.